The van der Waals surface area contributed by atoms with Crippen LogP contribution in [-0.2, 0) is 4.74 Å². The number of hydrogen-bond donors (Lipinski definition) is 1. The van der Waals surface area contributed by atoms with Crippen LogP contribution in [0.2, 0.25) is 0 Å². The number of nitrogens with one attached hydrogen (secondary N) is 1. The number of carbonyl (C=O) groups is 2. The molecular formula is C21H24N2O5. The van der Waals surface area contributed by atoms with Gasteiger partial charge in [0.25, 0.3) is 11.6 Å². The second-order valence-electron chi connectivity index (χ2n) is 6.49. The van der Waals surface area contributed by atoms with Crippen molar-refractivity contribution in [1.29, 1.82) is 0 Å². The molecule has 1 N–H and O–H groups in total. The topological polar surface area (TPSA) is 98.5 Å². The Labute approximate surface area is 163 Å². The van der Waals surface area contributed by atoms with Gasteiger partial charge in [-0.3, -0.25) is 14.9 Å². The summed E-state index contributed by atoms with van der Waals surface area (Å²) in [6.45, 7) is 4.12. The van der Waals surface area contributed by atoms with E-state index in [9.17, 15) is 19.7 Å². The Morgan fingerprint density at radius 2 is 1.71 bits per heavy atom. The summed E-state index contributed by atoms with van der Waals surface area (Å²) in [5.74, 6) is -0.863. The van der Waals surface area contributed by atoms with Crippen molar-refractivity contribution in [3.63, 3.8) is 0 Å². The van der Waals surface area contributed by atoms with Crippen LogP contribution in [0.25, 0.3) is 0 Å². The second kappa shape index (κ2) is 10.2. The SMILES string of the molecule is CCCCCCOC(=O)c1ccc(NC(=O)c2ccc(C)c([N+](=O)[O-])c2)cc1. The molecule has 0 atom stereocenters. The average Bonchev–Trinajstić information content (AvgIpc) is 2.68. The highest BCUT2D eigenvalue weighted by atomic mass is 16.6. The molecule has 0 saturated heterocycles. The van der Waals surface area contributed by atoms with Crippen molar-refractivity contribution in [2.24, 2.45) is 0 Å². The lowest BCUT2D eigenvalue weighted by molar-refractivity contribution is -0.385. The largest absolute Gasteiger partial charge is 0.462 e. The van der Waals surface area contributed by atoms with Crippen LogP contribution in [0.3, 0.4) is 0 Å². The van der Waals surface area contributed by atoms with Crippen molar-refractivity contribution in [1.82, 2.24) is 0 Å². The number of benzene rings is 2. The molecule has 2 aromatic carbocycles. The van der Waals surface area contributed by atoms with Gasteiger partial charge in [0, 0.05) is 22.9 Å². The maximum Gasteiger partial charge on any atom is 0.338 e. The smallest absolute Gasteiger partial charge is 0.338 e. The number of nitrogens with zero attached hydrogens (tertiary/aromatic N) is 1. The van der Waals surface area contributed by atoms with Gasteiger partial charge in [-0.2, -0.15) is 0 Å². The fraction of sp³-hybridized carbons (Fsp3) is 0.333. The highest BCUT2D eigenvalue weighted by Crippen LogP contribution is 2.20. The molecule has 2 rings (SSSR count). The number of unbranched alkanes of at least 4 members (excludes halogenated alkanes) is 3. The van der Waals surface area contributed by atoms with Crippen molar-refractivity contribution in [3.8, 4) is 0 Å². The molecule has 0 aliphatic heterocycles. The fourth-order valence-electron chi connectivity index (χ4n) is 2.62. The standard InChI is InChI=1S/C21H24N2O5/c1-3-4-5-6-13-28-21(25)16-9-11-18(12-10-16)22-20(24)17-8-7-15(2)19(14-17)23(26)27/h7-12,14H,3-6,13H2,1-2H3,(H,22,24). The minimum absolute atomic E-state index is 0.107. The number of amides is 1. The number of ether oxygens (including phenoxy) is 1. The molecule has 0 aliphatic rings. The minimum atomic E-state index is -0.519. The van der Waals surface area contributed by atoms with E-state index in [0.717, 1.165) is 25.7 Å². The Morgan fingerprint density at radius 1 is 1.04 bits per heavy atom. The first-order chi connectivity index (χ1) is 13.4. The molecule has 0 aliphatic carbocycles. The van der Waals surface area contributed by atoms with Crippen LogP contribution < -0.4 is 5.32 Å². The molecule has 0 fully saturated rings. The Kier molecular flexibility index (Phi) is 7.68. The molecule has 0 spiro atoms. The van der Waals surface area contributed by atoms with E-state index in [4.69, 9.17) is 4.74 Å². The van der Waals surface area contributed by atoms with Crippen LogP contribution in [-0.4, -0.2) is 23.4 Å². The van der Waals surface area contributed by atoms with Crippen molar-refractivity contribution in [3.05, 3.63) is 69.3 Å². The maximum absolute atomic E-state index is 12.3. The van der Waals surface area contributed by atoms with Gasteiger partial charge >= 0.3 is 5.97 Å². The first-order valence-electron chi connectivity index (χ1n) is 9.26. The number of nitro groups is 1. The van der Waals surface area contributed by atoms with E-state index in [1.165, 1.54) is 18.2 Å². The lowest BCUT2D eigenvalue weighted by atomic mass is 10.1. The maximum atomic E-state index is 12.3. The van der Waals surface area contributed by atoms with Gasteiger partial charge in [-0.05, 0) is 43.7 Å². The number of esters is 1. The van der Waals surface area contributed by atoms with Crippen LogP contribution in [0, 0.1) is 17.0 Å². The van der Waals surface area contributed by atoms with E-state index in [-0.39, 0.29) is 11.3 Å². The number of anilines is 1. The molecule has 148 valence electrons. The Morgan fingerprint density at radius 3 is 2.36 bits per heavy atom. The number of carbonyl (C=O) groups excluding carboxylic acids is 2. The Hall–Kier alpha value is -3.22. The molecule has 28 heavy (non-hydrogen) atoms. The van der Waals surface area contributed by atoms with Crippen molar-refractivity contribution in [2.45, 2.75) is 39.5 Å². The van der Waals surface area contributed by atoms with E-state index in [1.54, 1.807) is 31.2 Å². The molecule has 0 heterocycles. The van der Waals surface area contributed by atoms with E-state index in [2.05, 4.69) is 12.2 Å². The van der Waals surface area contributed by atoms with Gasteiger partial charge in [-0.25, -0.2) is 4.79 Å². The van der Waals surface area contributed by atoms with Gasteiger partial charge in [-0.1, -0.05) is 32.3 Å². The molecule has 0 aromatic heterocycles. The third-order valence-electron chi connectivity index (χ3n) is 4.28. The predicted octanol–water partition coefficient (Wildman–Crippen LogP) is 4.89. The fourth-order valence-corrected chi connectivity index (χ4v) is 2.62. The van der Waals surface area contributed by atoms with E-state index >= 15 is 0 Å². The zero-order chi connectivity index (χ0) is 20.5. The molecule has 7 nitrogen and oxygen atoms in total. The van der Waals surface area contributed by atoms with Crippen molar-refractivity contribution < 1.29 is 19.2 Å². The molecule has 0 saturated carbocycles. The van der Waals surface area contributed by atoms with Crippen LogP contribution in [0.5, 0.6) is 0 Å². The lowest BCUT2D eigenvalue weighted by Crippen LogP contribution is -2.13. The van der Waals surface area contributed by atoms with Gasteiger partial charge < -0.3 is 10.1 Å². The van der Waals surface area contributed by atoms with Crippen LogP contribution >= 0.6 is 0 Å². The third-order valence-corrected chi connectivity index (χ3v) is 4.28. The van der Waals surface area contributed by atoms with Crippen LogP contribution in [0.1, 0.15) is 58.9 Å². The van der Waals surface area contributed by atoms with Gasteiger partial charge in [0.15, 0.2) is 0 Å². The quantitative estimate of drug-likeness (QED) is 0.287. The Bertz CT molecular complexity index is 846. The molecule has 0 bridgehead atoms. The normalized spacial score (nSPS) is 10.4. The summed E-state index contributed by atoms with van der Waals surface area (Å²) < 4.78 is 5.22. The summed E-state index contributed by atoms with van der Waals surface area (Å²) in [5, 5.41) is 13.7. The molecular weight excluding hydrogens is 360 g/mol. The van der Waals surface area contributed by atoms with Crippen molar-refractivity contribution in [2.75, 3.05) is 11.9 Å². The highest BCUT2D eigenvalue weighted by Gasteiger charge is 2.15. The Balaban J connectivity index is 1.95. The number of rotatable bonds is 9. The molecule has 0 unspecified atom stereocenters. The summed E-state index contributed by atoms with van der Waals surface area (Å²) in [6.07, 6.45) is 4.12. The summed E-state index contributed by atoms with van der Waals surface area (Å²) in [6, 6.07) is 10.6. The van der Waals surface area contributed by atoms with Gasteiger partial charge in [0.1, 0.15) is 0 Å². The van der Waals surface area contributed by atoms with Gasteiger partial charge in [0.2, 0.25) is 0 Å². The molecule has 1 amide bonds. The van der Waals surface area contributed by atoms with Gasteiger partial charge in [0.05, 0.1) is 17.1 Å². The zero-order valence-electron chi connectivity index (χ0n) is 16.1. The predicted molar refractivity (Wildman–Crippen MR) is 107 cm³/mol. The van der Waals surface area contributed by atoms with Crippen LogP contribution in [0.15, 0.2) is 42.5 Å². The third kappa shape index (κ3) is 5.90. The summed E-state index contributed by atoms with van der Waals surface area (Å²) in [7, 11) is 0. The highest BCUT2D eigenvalue weighted by molar-refractivity contribution is 6.05. The first-order valence-corrected chi connectivity index (χ1v) is 9.26. The van der Waals surface area contributed by atoms with Gasteiger partial charge in [-0.15, -0.1) is 0 Å². The van der Waals surface area contributed by atoms with E-state index in [1.807, 2.05) is 0 Å². The number of nitro benzene ring substituents is 1. The molecule has 7 heteroatoms. The van der Waals surface area contributed by atoms with E-state index in [0.29, 0.717) is 23.4 Å². The number of hydrogen-bond acceptors (Lipinski definition) is 5. The lowest BCUT2D eigenvalue weighted by Gasteiger charge is -2.08. The van der Waals surface area contributed by atoms with E-state index < -0.39 is 16.8 Å². The summed E-state index contributed by atoms with van der Waals surface area (Å²) >= 11 is 0. The summed E-state index contributed by atoms with van der Waals surface area (Å²) in [4.78, 5) is 34.8. The molecule has 2 aromatic rings. The minimum Gasteiger partial charge on any atom is -0.462 e. The monoisotopic (exact) mass is 384 g/mol. The van der Waals surface area contributed by atoms with Crippen LogP contribution in [0.4, 0.5) is 11.4 Å². The average molecular weight is 384 g/mol. The van der Waals surface area contributed by atoms with Crippen molar-refractivity contribution >= 4 is 23.3 Å². The first kappa shape index (κ1) is 21.1. The molecule has 0 radical (unpaired) electrons. The number of aryl methyl sites for hydroxylation is 1. The zero-order valence-corrected chi connectivity index (χ0v) is 16.1. The second-order valence-corrected chi connectivity index (χ2v) is 6.49. The summed E-state index contributed by atoms with van der Waals surface area (Å²) in [5.41, 5.74) is 1.45.